The van der Waals surface area contributed by atoms with Gasteiger partial charge < -0.3 is 42.9 Å². The third-order valence-electron chi connectivity index (χ3n) is 6.98. The van der Waals surface area contributed by atoms with Crippen molar-refractivity contribution in [2.45, 2.75) is 32.2 Å². The molecular formula is C29H28INO4. The normalized spacial score (nSPS) is 13.1. The van der Waals surface area contributed by atoms with E-state index in [-0.39, 0.29) is 30.8 Å². The molecule has 5 nitrogen and oxygen atoms in total. The number of halogens is 1. The molecule has 3 heterocycles. The van der Waals surface area contributed by atoms with Crippen molar-refractivity contribution in [1.82, 2.24) is 0 Å². The van der Waals surface area contributed by atoms with E-state index in [9.17, 15) is 0 Å². The van der Waals surface area contributed by atoms with Crippen LogP contribution in [0.5, 0.6) is 23.0 Å². The molecule has 6 rings (SSSR count). The van der Waals surface area contributed by atoms with E-state index < -0.39 is 0 Å². The van der Waals surface area contributed by atoms with E-state index in [4.69, 9.17) is 18.9 Å². The number of ether oxygens (including phenoxy) is 4. The molecule has 4 aromatic rings. The molecule has 0 spiro atoms. The standard InChI is InChI=1S/C29H28NO4.HI/c1-31-25-12-11-21-22(10-6-9-19-7-4-3-5-8-19)28-23-16-27-26(33-18-34-27)15-20(23)13-14-30(28)17-24(21)29(25)32-2;/h3-5,7-8,11-12,15-17H,6,9-10,13-14,18H2,1-2H3;1H/q+1;/p-1. The molecule has 0 saturated heterocycles. The first-order valence-corrected chi connectivity index (χ1v) is 11.8. The Bertz CT molecular complexity index is 1390. The molecule has 2 aliphatic rings. The average Bonchev–Trinajstić information content (AvgIpc) is 3.34. The van der Waals surface area contributed by atoms with Crippen molar-refractivity contribution in [2.75, 3.05) is 21.0 Å². The Morgan fingerprint density at radius 1 is 0.886 bits per heavy atom. The zero-order chi connectivity index (χ0) is 23.1. The van der Waals surface area contributed by atoms with Crippen molar-refractivity contribution in [3.05, 3.63) is 77.5 Å². The van der Waals surface area contributed by atoms with Crippen LogP contribution in [0.15, 0.2) is 60.8 Å². The maximum absolute atomic E-state index is 5.82. The van der Waals surface area contributed by atoms with Crippen LogP contribution in [0.1, 0.15) is 23.1 Å². The molecule has 0 amide bonds. The Hall–Kier alpha value is -3.00. The summed E-state index contributed by atoms with van der Waals surface area (Å²) >= 11 is 0. The summed E-state index contributed by atoms with van der Waals surface area (Å²) in [4.78, 5) is 0. The van der Waals surface area contributed by atoms with Crippen LogP contribution < -0.4 is 47.5 Å². The first-order valence-electron chi connectivity index (χ1n) is 11.8. The van der Waals surface area contributed by atoms with Gasteiger partial charge in [-0.1, -0.05) is 30.3 Å². The molecule has 0 saturated carbocycles. The van der Waals surface area contributed by atoms with Gasteiger partial charge in [-0.15, -0.1) is 0 Å². The first-order chi connectivity index (χ1) is 16.8. The molecule has 0 radical (unpaired) electrons. The third-order valence-corrected chi connectivity index (χ3v) is 6.98. The summed E-state index contributed by atoms with van der Waals surface area (Å²) < 4.78 is 25.2. The number of aromatic nitrogens is 1. The van der Waals surface area contributed by atoms with Gasteiger partial charge in [0.15, 0.2) is 35.7 Å². The Morgan fingerprint density at radius 3 is 2.46 bits per heavy atom. The first kappa shape index (κ1) is 23.7. The molecule has 0 aliphatic carbocycles. The highest BCUT2D eigenvalue weighted by molar-refractivity contribution is 5.95. The fourth-order valence-corrected chi connectivity index (χ4v) is 5.38. The van der Waals surface area contributed by atoms with E-state index in [0.717, 1.165) is 60.6 Å². The van der Waals surface area contributed by atoms with Gasteiger partial charge in [0.1, 0.15) is 0 Å². The minimum Gasteiger partial charge on any atom is -1.00 e. The van der Waals surface area contributed by atoms with Crippen LogP contribution in [0, 0.1) is 0 Å². The molecule has 0 bridgehead atoms. The topological polar surface area (TPSA) is 40.8 Å². The van der Waals surface area contributed by atoms with Gasteiger partial charge in [-0.25, -0.2) is 0 Å². The second-order valence-corrected chi connectivity index (χ2v) is 8.86. The molecule has 0 fully saturated rings. The lowest BCUT2D eigenvalue weighted by atomic mass is 9.89. The monoisotopic (exact) mass is 581 g/mol. The molecule has 3 aromatic carbocycles. The predicted octanol–water partition coefficient (Wildman–Crippen LogP) is 2.28. The Morgan fingerprint density at radius 2 is 1.69 bits per heavy atom. The van der Waals surface area contributed by atoms with Crippen LogP contribution in [-0.4, -0.2) is 21.0 Å². The number of pyridine rings is 1. The predicted molar refractivity (Wildman–Crippen MR) is 131 cm³/mol. The SMILES string of the molecule is COc1ccc2c(CCCc3ccccc3)c3[n+](cc2c1OC)CCc1cc2c(cc1-3)OCO2.[I-]. The lowest BCUT2D eigenvalue weighted by Gasteiger charge is -2.21. The Kier molecular flexibility index (Phi) is 6.73. The number of rotatable bonds is 6. The van der Waals surface area contributed by atoms with Gasteiger partial charge >= 0.3 is 0 Å². The summed E-state index contributed by atoms with van der Waals surface area (Å²) in [6, 6.07) is 19.2. The molecule has 1 aromatic heterocycles. The van der Waals surface area contributed by atoms with E-state index in [2.05, 4.69) is 59.3 Å². The van der Waals surface area contributed by atoms with Gasteiger partial charge in [0, 0.05) is 17.4 Å². The molecular weight excluding hydrogens is 553 g/mol. The van der Waals surface area contributed by atoms with Crippen LogP contribution >= 0.6 is 0 Å². The zero-order valence-electron chi connectivity index (χ0n) is 20.0. The number of methoxy groups -OCH3 is 2. The molecule has 0 N–H and O–H groups in total. The Labute approximate surface area is 222 Å². The molecule has 6 heteroatoms. The van der Waals surface area contributed by atoms with E-state index in [0.29, 0.717) is 0 Å². The number of hydrogen-bond acceptors (Lipinski definition) is 4. The van der Waals surface area contributed by atoms with E-state index in [1.165, 1.54) is 33.3 Å². The number of fused-ring (bicyclic) bond motifs is 5. The average molecular weight is 581 g/mol. The quantitative estimate of drug-likeness (QED) is 0.259. The number of hydrogen-bond donors (Lipinski definition) is 0. The smallest absolute Gasteiger partial charge is 0.231 e. The molecule has 180 valence electrons. The zero-order valence-corrected chi connectivity index (χ0v) is 22.1. The number of nitrogens with zero attached hydrogens (tertiary/aromatic N) is 1. The highest BCUT2D eigenvalue weighted by atomic mass is 127. The lowest BCUT2D eigenvalue weighted by Crippen LogP contribution is -3.00. The van der Waals surface area contributed by atoms with Crippen LogP contribution in [0.3, 0.4) is 0 Å². The summed E-state index contributed by atoms with van der Waals surface area (Å²) in [6.45, 7) is 1.20. The van der Waals surface area contributed by atoms with Crippen molar-refractivity contribution in [2.24, 2.45) is 0 Å². The van der Waals surface area contributed by atoms with Gasteiger partial charge in [0.2, 0.25) is 12.5 Å². The fraction of sp³-hybridized carbons (Fsp3) is 0.276. The minimum atomic E-state index is 0. The van der Waals surface area contributed by atoms with Crippen molar-refractivity contribution < 1.29 is 47.5 Å². The van der Waals surface area contributed by atoms with Gasteiger partial charge in [0.25, 0.3) is 0 Å². The molecule has 35 heavy (non-hydrogen) atoms. The van der Waals surface area contributed by atoms with E-state index in [1.807, 2.05) is 6.07 Å². The fourth-order valence-electron chi connectivity index (χ4n) is 5.38. The van der Waals surface area contributed by atoms with E-state index in [1.54, 1.807) is 14.2 Å². The largest absolute Gasteiger partial charge is 1.00 e. The molecule has 0 atom stereocenters. The van der Waals surface area contributed by atoms with Gasteiger partial charge in [-0.2, -0.15) is 4.57 Å². The number of aryl methyl sites for hydroxylation is 4. The highest BCUT2D eigenvalue weighted by Gasteiger charge is 2.32. The van der Waals surface area contributed by atoms with Crippen LogP contribution in [0.4, 0.5) is 0 Å². The van der Waals surface area contributed by atoms with Crippen LogP contribution in [0.25, 0.3) is 22.0 Å². The summed E-state index contributed by atoms with van der Waals surface area (Å²) in [6.07, 6.45) is 6.23. The summed E-state index contributed by atoms with van der Waals surface area (Å²) in [5.41, 5.74) is 6.53. The second-order valence-electron chi connectivity index (χ2n) is 8.86. The van der Waals surface area contributed by atoms with Crippen LogP contribution in [0.2, 0.25) is 0 Å². The maximum atomic E-state index is 5.82. The number of benzene rings is 3. The second kappa shape index (κ2) is 9.93. The highest BCUT2D eigenvalue weighted by Crippen LogP contribution is 2.43. The van der Waals surface area contributed by atoms with Crippen molar-refractivity contribution in [3.63, 3.8) is 0 Å². The minimum absolute atomic E-state index is 0. The van der Waals surface area contributed by atoms with Gasteiger partial charge in [0.05, 0.1) is 25.2 Å². The third kappa shape index (κ3) is 4.18. The van der Waals surface area contributed by atoms with Crippen LogP contribution in [-0.2, 0) is 25.8 Å². The van der Waals surface area contributed by atoms with Crippen molar-refractivity contribution >= 4 is 10.8 Å². The maximum Gasteiger partial charge on any atom is 0.231 e. The van der Waals surface area contributed by atoms with Crippen molar-refractivity contribution in [3.8, 4) is 34.3 Å². The summed E-state index contributed by atoms with van der Waals surface area (Å²) in [5.74, 6) is 3.22. The molecule has 2 aliphatic heterocycles. The van der Waals surface area contributed by atoms with Crippen molar-refractivity contribution in [1.29, 1.82) is 0 Å². The molecule has 0 unspecified atom stereocenters. The lowest BCUT2D eigenvalue weighted by molar-refractivity contribution is -0.686. The van der Waals surface area contributed by atoms with Gasteiger partial charge in [-0.3, -0.25) is 0 Å². The summed E-state index contributed by atoms with van der Waals surface area (Å²) in [5, 5.41) is 2.30. The Balaban J connectivity index is 0.00000253. The van der Waals surface area contributed by atoms with Gasteiger partial charge in [-0.05, 0) is 54.7 Å². The summed E-state index contributed by atoms with van der Waals surface area (Å²) in [7, 11) is 3.40. The van der Waals surface area contributed by atoms with E-state index >= 15 is 0 Å².